The number of hydrazine groups is 1. The van der Waals surface area contributed by atoms with Gasteiger partial charge in [-0.3, -0.25) is 15.7 Å². The molecule has 6 heteroatoms. The number of amides is 2. The lowest BCUT2D eigenvalue weighted by Gasteiger charge is -2.39. The zero-order valence-corrected chi connectivity index (χ0v) is 20.2. The molecular formula is C28H39N5O. The Morgan fingerprint density at radius 2 is 1.71 bits per heavy atom. The Kier molecular flexibility index (Phi) is 8.58. The van der Waals surface area contributed by atoms with Gasteiger partial charge in [0.2, 0.25) is 0 Å². The molecule has 0 bridgehead atoms. The first-order valence-corrected chi connectivity index (χ1v) is 13.0. The molecule has 2 fully saturated rings. The molecule has 1 atom stereocenters. The number of amidine groups is 1. The van der Waals surface area contributed by atoms with Crippen molar-refractivity contribution in [3.63, 3.8) is 0 Å². The Hall–Kier alpha value is -2.86. The van der Waals surface area contributed by atoms with E-state index < -0.39 is 0 Å². The van der Waals surface area contributed by atoms with Crippen molar-refractivity contribution >= 4 is 17.6 Å². The standard InChI is InChI=1S/C28H39N5O/c29-27(30)23-13-10-17-26(21-23)33(25-15-6-1-2-7-16-25)28(34)31-32-20-9-8-14-24(32)19-18-22-11-4-3-5-12-22/h3-5,10-13,17,21,24-25H,1-2,6-9,14-16,18-20H2,(H3,29,30)(H,31,34). The SMILES string of the molecule is N=C(N)c1cccc(N(C(=O)NN2CCCCC2CCc2ccccc2)C2CCCCCC2)c1. The molecular weight excluding hydrogens is 422 g/mol. The van der Waals surface area contributed by atoms with Crippen LogP contribution < -0.4 is 16.1 Å². The molecule has 182 valence electrons. The first-order valence-electron chi connectivity index (χ1n) is 13.0. The van der Waals surface area contributed by atoms with Gasteiger partial charge >= 0.3 is 6.03 Å². The quantitative estimate of drug-likeness (QED) is 0.284. The number of nitrogens with zero attached hydrogens (tertiary/aromatic N) is 2. The molecule has 2 amide bonds. The fraction of sp³-hybridized carbons (Fsp3) is 0.500. The minimum atomic E-state index is -0.0563. The van der Waals surface area contributed by atoms with Crippen molar-refractivity contribution in [2.24, 2.45) is 5.73 Å². The summed E-state index contributed by atoms with van der Waals surface area (Å²) in [4.78, 5) is 15.8. The number of nitrogens with one attached hydrogen (secondary N) is 2. The number of hydrogen-bond acceptors (Lipinski definition) is 3. The molecule has 4 N–H and O–H groups in total. The lowest BCUT2D eigenvalue weighted by atomic mass is 9.97. The van der Waals surface area contributed by atoms with Crippen LogP contribution in [0.5, 0.6) is 0 Å². The van der Waals surface area contributed by atoms with Gasteiger partial charge in [-0.2, -0.15) is 0 Å². The Morgan fingerprint density at radius 1 is 0.971 bits per heavy atom. The van der Waals surface area contributed by atoms with E-state index in [9.17, 15) is 4.79 Å². The number of anilines is 1. The number of nitrogens with two attached hydrogens (primary N) is 1. The maximum absolute atomic E-state index is 13.8. The Morgan fingerprint density at radius 3 is 2.44 bits per heavy atom. The van der Waals surface area contributed by atoms with Crippen LogP contribution in [0.3, 0.4) is 0 Å². The van der Waals surface area contributed by atoms with E-state index in [1.54, 1.807) is 0 Å². The van der Waals surface area contributed by atoms with Gasteiger partial charge in [0.1, 0.15) is 5.84 Å². The van der Waals surface area contributed by atoms with Crippen molar-refractivity contribution in [2.75, 3.05) is 11.4 Å². The third kappa shape index (κ3) is 6.38. The van der Waals surface area contributed by atoms with E-state index in [1.807, 2.05) is 29.2 Å². The molecule has 1 heterocycles. The van der Waals surface area contributed by atoms with Crippen LogP contribution in [0, 0.1) is 5.41 Å². The highest BCUT2D eigenvalue weighted by atomic mass is 16.2. The van der Waals surface area contributed by atoms with E-state index in [4.69, 9.17) is 11.1 Å². The predicted octanol–water partition coefficient (Wildman–Crippen LogP) is 5.61. The summed E-state index contributed by atoms with van der Waals surface area (Å²) in [5, 5.41) is 10.0. The van der Waals surface area contributed by atoms with E-state index >= 15 is 0 Å². The lowest BCUT2D eigenvalue weighted by Crippen LogP contribution is -2.57. The summed E-state index contributed by atoms with van der Waals surface area (Å²) in [5.41, 5.74) is 11.9. The molecule has 4 rings (SSSR count). The van der Waals surface area contributed by atoms with Gasteiger partial charge in [0.15, 0.2) is 0 Å². The zero-order chi connectivity index (χ0) is 23.8. The molecule has 34 heavy (non-hydrogen) atoms. The fourth-order valence-corrected chi connectivity index (χ4v) is 5.44. The number of nitrogen functional groups attached to an aromatic ring is 1. The van der Waals surface area contributed by atoms with Gasteiger partial charge in [0.05, 0.1) is 0 Å². The van der Waals surface area contributed by atoms with Gasteiger partial charge in [0.25, 0.3) is 0 Å². The van der Waals surface area contributed by atoms with Gasteiger partial charge in [-0.05, 0) is 56.2 Å². The van der Waals surface area contributed by atoms with E-state index in [0.717, 1.165) is 63.6 Å². The highest BCUT2D eigenvalue weighted by Gasteiger charge is 2.30. The van der Waals surface area contributed by atoms with Crippen LogP contribution in [0.15, 0.2) is 54.6 Å². The van der Waals surface area contributed by atoms with Crippen LogP contribution >= 0.6 is 0 Å². The molecule has 2 aromatic rings. The van der Waals surface area contributed by atoms with Crippen molar-refractivity contribution < 1.29 is 4.79 Å². The summed E-state index contributed by atoms with van der Waals surface area (Å²) in [6.07, 6.45) is 12.2. The number of carbonyl (C=O) groups excluding carboxylic acids is 1. The summed E-state index contributed by atoms with van der Waals surface area (Å²) in [6, 6.07) is 18.6. The van der Waals surface area contributed by atoms with Crippen molar-refractivity contribution in [3.05, 3.63) is 65.7 Å². The predicted molar refractivity (Wildman–Crippen MR) is 139 cm³/mol. The minimum Gasteiger partial charge on any atom is -0.384 e. The summed E-state index contributed by atoms with van der Waals surface area (Å²) in [5.74, 6) is 0.0279. The van der Waals surface area contributed by atoms with Crippen LogP contribution in [0.1, 0.15) is 75.3 Å². The highest BCUT2D eigenvalue weighted by molar-refractivity contribution is 5.98. The second-order valence-corrected chi connectivity index (χ2v) is 9.76. The molecule has 1 saturated heterocycles. The molecule has 1 saturated carbocycles. The van der Waals surface area contributed by atoms with Crippen LogP contribution in [0.4, 0.5) is 10.5 Å². The molecule has 0 spiro atoms. The Labute approximate surface area is 204 Å². The first-order chi connectivity index (χ1) is 16.6. The molecule has 1 unspecified atom stereocenters. The molecule has 1 aliphatic heterocycles. The molecule has 1 aliphatic carbocycles. The fourth-order valence-electron chi connectivity index (χ4n) is 5.44. The highest BCUT2D eigenvalue weighted by Crippen LogP contribution is 2.28. The summed E-state index contributed by atoms with van der Waals surface area (Å²) in [7, 11) is 0. The smallest absolute Gasteiger partial charge is 0.336 e. The van der Waals surface area contributed by atoms with Gasteiger partial charge < -0.3 is 5.73 Å². The molecule has 6 nitrogen and oxygen atoms in total. The van der Waals surface area contributed by atoms with Crippen molar-refractivity contribution in [1.29, 1.82) is 5.41 Å². The molecule has 2 aliphatic rings. The van der Waals surface area contributed by atoms with Crippen molar-refractivity contribution in [2.45, 2.75) is 82.7 Å². The maximum Gasteiger partial charge on any atom is 0.336 e. The summed E-state index contributed by atoms with van der Waals surface area (Å²) >= 11 is 0. The zero-order valence-electron chi connectivity index (χ0n) is 20.2. The van der Waals surface area contributed by atoms with Crippen LogP contribution in [0.25, 0.3) is 0 Å². The third-order valence-corrected chi connectivity index (χ3v) is 7.32. The number of benzene rings is 2. The number of urea groups is 1. The van der Waals surface area contributed by atoms with Gasteiger partial charge in [0, 0.05) is 29.9 Å². The average Bonchev–Trinajstić information content (AvgIpc) is 3.14. The number of hydrogen-bond donors (Lipinski definition) is 3. The summed E-state index contributed by atoms with van der Waals surface area (Å²) in [6.45, 7) is 0.886. The normalized spacial score (nSPS) is 19.8. The first kappa shape index (κ1) is 24.3. The third-order valence-electron chi connectivity index (χ3n) is 7.32. The Balaban J connectivity index is 1.51. The number of carbonyl (C=O) groups is 1. The van der Waals surface area contributed by atoms with Gasteiger partial charge in [-0.15, -0.1) is 0 Å². The van der Waals surface area contributed by atoms with Crippen molar-refractivity contribution in [1.82, 2.24) is 10.4 Å². The lowest BCUT2D eigenvalue weighted by molar-refractivity contribution is 0.0930. The van der Waals surface area contributed by atoms with E-state index in [2.05, 4.69) is 40.8 Å². The topological polar surface area (TPSA) is 85.5 Å². The average molecular weight is 462 g/mol. The van der Waals surface area contributed by atoms with E-state index in [0.29, 0.717) is 11.6 Å². The maximum atomic E-state index is 13.8. The molecule has 2 aromatic carbocycles. The molecule has 0 aromatic heterocycles. The van der Waals surface area contributed by atoms with Crippen LogP contribution in [0.2, 0.25) is 0 Å². The van der Waals surface area contributed by atoms with E-state index in [1.165, 1.54) is 24.8 Å². The minimum absolute atomic E-state index is 0.0279. The van der Waals surface area contributed by atoms with Crippen LogP contribution in [-0.4, -0.2) is 35.5 Å². The van der Waals surface area contributed by atoms with Crippen molar-refractivity contribution in [3.8, 4) is 0 Å². The van der Waals surface area contributed by atoms with E-state index in [-0.39, 0.29) is 17.9 Å². The monoisotopic (exact) mass is 461 g/mol. The molecule has 0 radical (unpaired) electrons. The second-order valence-electron chi connectivity index (χ2n) is 9.76. The van der Waals surface area contributed by atoms with Crippen LogP contribution in [-0.2, 0) is 6.42 Å². The second kappa shape index (κ2) is 12.0. The van der Waals surface area contributed by atoms with Gasteiger partial charge in [-0.1, -0.05) is 74.6 Å². The summed E-state index contributed by atoms with van der Waals surface area (Å²) < 4.78 is 0. The number of piperidine rings is 1. The largest absolute Gasteiger partial charge is 0.384 e. The van der Waals surface area contributed by atoms with Gasteiger partial charge in [-0.25, -0.2) is 9.80 Å². The Bertz CT molecular complexity index is 939. The number of rotatable bonds is 7. The number of aryl methyl sites for hydroxylation is 1.